The van der Waals surface area contributed by atoms with Gasteiger partial charge in [0, 0.05) is 74.1 Å². The van der Waals surface area contributed by atoms with Crippen LogP contribution in [-0.2, 0) is 5.41 Å². The Hall–Kier alpha value is -7.22. The SMILES string of the molecule is c1ccc(-n2c3ccccc3c3cc(-n4c5ccccc5c5cc(N6c7ccccc7C7(c8ccsc8-c8sccc87)c7c6ccc6c7sc7ccccc76)ccc54)ccc32)cc1. The maximum atomic E-state index is 2.56. The number of anilines is 3. The molecule has 0 fully saturated rings. The van der Waals surface area contributed by atoms with Gasteiger partial charge in [-0.15, -0.1) is 34.0 Å². The molecule has 0 saturated carbocycles. The van der Waals surface area contributed by atoms with E-state index in [4.69, 9.17) is 0 Å². The first-order valence-electron chi connectivity index (χ1n) is 21.4. The molecular formula is C57H33N3S3. The monoisotopic (exact) mass is 855 g/mol. The molecule has 6 heteroatoms. The van der Waals surface area contributed by atoms with Crippen molar-refractivity contribution in [3.05, 3.63) is 221 Å². The minimum Gasteiger partial charge on any atom is -0.310 e. The molecule has 0 amide bonds. The topological polar surface area (TPSA) is 13.1 Å². The molecule has 5 aromatic heterocycles. The van der Waals surface area contributed by atoms with Crippen molar-refractivity contribution in [2.75, 3.05) is 4.90 Å². The Morgan fingerprint density at radius 1 is 0.365 bits per heavy atom. The van der Waals surface area contributed by atoms with E-state index in [1.54, 1.807) is 0 Å². The average molecular weight is 856 g/mol. The fourth-order valence-corrected chi connectivity index (χ4v) is 14.9. The van der Waals surface area contributed by atoms with Crippen molar-refractivity contribution in [2.24, 2.45) is 0 Å². The van der Waals surface area contributed by atoms with Crippen LogP contribution in [0, 0.1) is 0 Å². The fraction of sp³-hybridized carbons (Fsp3) is 0.0175. The third kappa shape index (κ3) is 4.33. The van der Waals surface area contributed by atoms with Crippen LogP contribution >= 0.6 is 34.0 Å². The fourth-order valence-electron chi connectivity index (χ4n) is 11.5. The second kappa shape index (κ2) is 12.5. The molecule has 13 aromatic rings. The predicted molar refractivity (Wildman–Crippen MR) is 269 cm³/mol. The van der Waals surface area contributed by atoms with Gasteiger partial charge in [-0.1, -0.05) is 97.1 Å². The molecule has 0 bridgehead atoms. The molecular weight excluding hydrogens is 823 g/mol. The second-order valence-electron chi connectivity index (χ2n) is 16.8. The lowest BCUT2D eigenvalue weighted by Crippen LogP contribution is -2.36. The van der Waals surface area contributed by atoms with Crippen LogP contribution in [0.3, 0.4) is 0 Å². The Morgan fingerprint density at radius 3 is 1.67 bits per heavy atom. The van der Waals surface area contributed by atoms with Crippen molar-refractivity contribution in [3.63, 3.8) is 0 Å². The average Bonchev–Trinajstić information content (AvgIpc) is 4.20. The molecule has 3 nitrogen and oxygen atoms in total. The third-order valence-electron chi connectivity index (χ3n) is 13.9. The molecule has 2 aliphatic rings. The van der Waals surface area contributed by atoms with E-state index in [1.807, 2.05) is 34.0 Å². The number of aromatic nitrogens is 2. The lowest BCUT2D eigenvalue weighted by atomic mass is 9.65. The van der Waals surface area contributed by atoms with E-state index in [1.165, 1.54) is 113 Å². The highest BCUT2D eigenvalue weighted by molar-refractivity contribution is 7.26. The number of thiophene rings is 3. The van der Waals surface area contributed by atoms with Crippen molar-refractivity contribution in [1.29, 1.82) is 0 Å². The van der Waals surface area contributed by atoms with Gasteiger partial charge >= 0.3 is 0 Å². The van der Waals surface area contributed by atoms with E-state index in [-0.39, 0.29) is 0 Å². The number of para-hydroxylation sites is 4. The van der Waals surface area contributed by atoms with Crippen molar-refractivity contribution in [3.8, 4) is 21.1 Å². The Bertz CT molecular complexity index is 4020. The van der Waals surface area contributed by atoms with E-state index >= 15 is 0 Å². The molecule has 0 N–H and O–H groups in total. The second-order valence-corrected chi connectivity index (χ2v) is 19.7. The van der Waals surface area contributed by atoms with Crippen molar-refractivity contribution in [1.82, 2.24) is 9.13 Å². The Balaban J connectivity index is 0.990. The number of fused-ring (bicyclic) bond motifs is 19. The molecule has 63 heavy (non-hydrogen) atoms. The number of nitrogens with zero attached hydrogens (tertiary/aromatic N) is 3. The molecule has 15 rings (SSSR count). The Labute approximate surface area is 374 Å². The summed E-state index contributed by atoms with van der Waals surface area (Å²) in [6, 6.07) is 70.4. The standard InChI is InChI=1S/C57H33N3S3/c1-2-12-34(13-3-1)58-46-18-8-4-14-37(46)41-32-35(22-25-48(41)58)59-47-19-9-5-15-38(47)42-33-36(23-26-49(42)59)60-50-20-10-7-17-43(50)57(44-28-30-61-55(44)56-45(57)29-31-62-56)53-51(60)27-24-40-39-16-6-11-21-52(39)63-54(40)53/h1-33H. The minimum atomic E-state index is -0.435. The molecule has 0 unspecified atom stereocenters. The van der Waals surface area contributed by atoms with E-state index in [0.29, 0.717) is 0 Å². The van der Waals surface area contributed by atoms with Crippen LogP contribution in [0.5, 0.6) is 0 Å². The number of benzene rings is 8. The molecule has 6 heterocycles. The largest absolute Gasteiger partial charge is 0.310 e. The van der Waals surface area contributed by atoms with Gasteiger partial charge in [0.1, 0.15) is 0 Å². The maximum Gasteiger partial charge on any atom is 0.0785 e. The van der Waals surface area contributed by atoms with E-state index < -0.39 is 5.41 Å². The summed E-state index contributed by atoms with van der Waals surface area (Å²) >= 11 is 5.71. The molecule has 1 spiro atoms. The van der Waals surface area contributed by atoms with Gasteiger partial charge in [0.15, 0.2) is 0 Å². The molecule has 1 aliphatic heterocycles. The Morgan fingerprint density at radius 2 is 0.937 bits per heavy atom. The molecule has 0 atom stereocenters. The number of rotatable bonds is 3. The summed E-state index contributed by atoms with van der Waals surface area (Å²) in [6.07, 6.45) is 0. The van der Waals surface area contributed by atoms with E-state index in [2.05, 4.69) is 213 Å². The van der Waals surface area contributed by atoms with Gasteiger partial charge in [0.25, 0.3) is 0 Å². The summed E-state index contributed by atoms with van der Waals surface area (Å²) < 4.78 is 7.55. The van der Waals surface area contributed by atoms with Crippen molar-refractivity contribution >= 4 is 115 Å². The number of hydrogen-bond acceptors (Lipinski definition) is 4. The lowest BCUT2D eigenvalue weighted by Gasteiger charge is -2.44. The highest BCUT2D eigenvalue weighted by Gasteiger charge is 2.54. The van der Waals surface area contributed by atoms with Crippen LogP contribution in [0.4, 0.5) is 17.1 Å². The van der Waals surface area contributed by atoms with Crippen LogP contribution in [0.2, 0.25) is 0 Å². The van der Waals surface area contributed by atoms with Gasteiger partial charge in [0.05, 0.1) is 38.9 Å². The normalized spacial score (nSPS) is 13.8. The van der Waals surface area contributed by atoms with Crippen molar-refractivity contribution < 1.29 is 0 Å². The quantitative estimate of drug-likeness (QED) is 0.173. The summed E-state index contributed by atoms with van der Waals surface area (Å²) in [5, 5.41) is 12.2. The summed E-state index contributed by atoms with van der Waals surface area (Å²) in [4.78, 5) is 5.38. The third-order valence-corrected chi connectivity index (χ3v) is 17.1. The summed E-state index contributed by atoms with van der Waals surface area (Å²) in [7, 11) is 0. The van der Waals surface area contributed by atoms with Gasteiger partial charge in [0.2, 0.25) is 0 Å². The molecule has 0 saturated heterocycles. The first-order valence-corrected chi connectivity index (χ1v) is 24.0. The van der Waals surface area contributed by atoms with Crippen LogP contribution < -0.4 is 4.90 Å². The van der Waals surface area contributed by atoms with E-state index in [9.17, 15) is 0 Å². The first kappa shape index (κ1) is 34.4. The highest BCUT2D eigenvalue weighted by atomic mass is 32.1. The van der Waals surface area contributed by atoms with Gasteiger partial charge in [-0.05, 0) is 118 Å². The summed E-state index contributed by atoms with van der Waals surface area (Å²) in [6.45, 7) is 0. The minimum absolute atomic E-state index is 0.435. The smallest absolute Gasteiger partial charge is 0.0785 e. The molecule has 294 valence electrons. The van der Waals surface area contributed by atoms with Crippen LogP contribution in [0.25, 0.3) is 84.9 Å². The van der Waals surface area contributed by atoms with E-state index in [0.717, 1.165) is 11.4 Å². The van der Waals surface area contributed by atoms with Crippen LogP contribution in [0.15, 0.2) is 199 Å². The maximum absolute atomic E-state index is 2.56. The van der Waals surface area contributed by atoms with Gasteiger partial charge < -0.3 is 14.0 Å². The first-order chi connectivity index (χ1) is 31.3. The molecule has 8 aromatic carbocycles. The zero-order valence-corrected chi connectivity index (χ0v) is 36.1. The summed E-state index contributed by atoms with van der Waals surface area (Å²) in [5.74, 6) is 0. The number of hydrogen-bond donors (Lipinski definition) is 0. The Kier molecular flexibility index (Phi) is 6.80. The van der Waals surface area contributed by atoms with Crippen LogP contribution in [0.1, 0.15) is 22.3 Å². The van der Waals surface area contributed by atoms with Crippen LogP contribution in [-0.4, -0.2) is 9.13 Å². The van der Waals surface area contributed by atoms with Gasteiger partial charge in [-0.2, -0.15) is 0 Å². The van der Waals surface area contributed by atoms with Crippen molar-refractivity contribution in [2.45, 2.75) is 5.41 Å². The zero-order chi connectivity index (χ0) is 41.0. The lowest BCUT2D eigenvalue weighted by molar-refractivity contribution is 0.765. The van der Waals surface area contributed by atoms with Gasteiger partial charge in [-0.3, -0.25) is 0 Å². The highest BCUT2D eigenvalue weighted by Crippen LogP contribution is 2.67. The summed E-state index contributed by atoms with van der Waals surface area (Å²) in [5.41, 5.74) is 15.9. The predicted octanol–water partition coefficient (Wildman–Crippen LogP) is 16.5. The van der Waals surface area contributed by atoms with Gasteiger partial charge in [-0.25, -0.2) is 0 Å². The molecule has 0 radical (unpaired) electrons. The molecule has 1 aliphatic carbocycles. The zero-order valence-electron chi connectivity index (χ0n) is 33.6.